The molecule has 2 amide bonds. The van der Waals surface area contributed by atoms with Crippen LogP contribution in [-0.2, 0) is 17.9 Å². The maximum absolute atomic E-state index is 12.5. The van der Waals surface area contributed by atoms with Crippen LogP contribution < -0.4 is 10.6 Å². The van der Waals surface area contributed by atoms with Gasteiger partial charge in [0.1, 0.15) is 0 Å². The van der Waals surface area contributed by atoms with E-state index in [2.05, 4.69) is 27.4 Å². The van der Waals surface area contributed by atoms with E-state index in [4.69, 9.17) is 11.6 Å². The summed E-state index contributed by atoms with van der Waals surface area (Å²) in [5.74, 6) is 0.446. The fourth-order valence-electron chi connectivity index (χ4n) is 2.95. The highest BCUT2D eigenvalue weighted by molar-refractivity contribution is 7.99. The van der Waals surface area contributed by atoms with Crippen molar-refractivity contribution in [2.45, 2.75) is 31.2 Å². The van der Waals surface area contributed by atoms with Gasteiger partial charge in [-0.3, -0.25) is 9.59 Å². The van der Waals surface area contributed by atoms with Crippen molar-refractivity contribution in [1.82, 2.24) is 25.4 Å². The fourth-order valence-corrected chi connectivity index (χ4v) is 3.86. The fraction of sp³-hybridized carbons (Fsp3) is 0.217. The molecule has 0 aliphatic heterocycles. The molecule has 2 aromatic carbocycles. The topological polar surface area (TPSA) is 88.9 Å². The van der Waals surface area contributed by atoms with Gasteiger partial charge in [-0.25, -0.2) is 0 Å². The molecule has 0 saturated heterocycles. The molecule has 9 heteroatoms. The third-order valence-electron chi connectivity index (χ3n) is 4.56. The maximum atomic E-state index is 12.5. The number of halogens is 1. The van der Waals surface area contributed by atoms with E-state index in [1.54, 1.807) is 30.3 Å². The normalized spacial score (nSPS) is 11.6. The lowest BCUT2D eigenvalue weighted by Crippen LogP contribution is -2.29. The Kier molecular flexibility index (Phi) is 8.47. The Morgan fingerprint density at radius 1 is 1.16 bits per heavy atom. The molecule has 2 N–H and O–H groups in total. The Bertz CT molecular complexity index is 1070. The SMILES string of the molecule is C=CCn1c(SCC(=O)NCc2ccccc2)nnc1[C@@H](C)NC(=O)c1ccc(Cl)cc1. The van der Waals surface area contributed by atoms with E-state index in [0.717, 1.165) is 5.56 Å². The Hall–Kier alpha value is -3.10. The Morgan fingerprint density at radius 2 is 1.88 bits per heavy atom. The monoisotopic (exact) mass is 469 g/mol. The molecule has 0 radical (unpaired) electrons. The molecule has 3 aromatic rings. The smallest absolute Gasteiger partial charge is 0.251 e. The summed E-state index contributed by atoms with van der Waals surface area (Å²) in [5.41, 5.74) is 1.54. The summed E-state index contributed by atoms with van der Waals surface area (Å²) in [6, 6.07) is 16.0. The lowest BCUT2D eigenvalue weighted by Gasteiger charge is -2.15. The van der Waals surface area contributed by atoms with E-state index in [-0.39, 0.29) is 17.6 Å². The van der Waals surface area contributed by atoms with Crippen LogP contribution in [0.1, 0.15) is 34.7 Å². The highest BCUT2D eigenvalue weighted by Crippen LogP contribution is 2.21. The zero-order valence-electron chi connectivity index (χ0n) is 17.6. The molecule has 0 aliphatic carbocycles. The summed E-state index contributed by atoms with van der Waals surface area (Å²) in [5, 5.41) is 15.4. The molecule has 0 saturated carbocycles. The predicted octanol–water partition coefficient (Wildman–Crippen LogP) is 4.02. The molecule has 32 heavy (non-hydrogen) atoms. The summed E-state index contributed by atoms with van der Waals surface area (Å²) in [6.45, 7) is 6.55. The zero-order chi connectivity index (χ0) is 22.9. The maximum Gasteiger partial charge on any atom is 0.251 e. The second-order valence-electron chi connectivity index (χ2n) is 6.99. The van der Waals surface area contributed by atoms with Crippen LogP contribution in [0.3, 0.4) is 0 Å². The third kappa shape index (κ3) is 6.45. The van der Waals surface area contributed by atoms with Crippen molar-refractivity contribution in [2.24, 2.45) is 0 Å². The number of nitrogens with one attached hydrogen (secondary N) is 2. The van der Waals surface area contributed by atoms with Gasteiger partial charge in [0.2, 0.25) is 5.91 Å². The van der Waals surface area contributed by atoms with Gasteiger partial charge in [-0.1, -0.05) is 59.8 Å². The van der Waals surface area contributed by atoms with Gasteiger partial charge in [0.25, 0.3) is 5.91 Å². The molecular weight excluding hydrogens is 446 g/mol. The molecule has 0 fully saturated rings. The van der Waals surface area contributed by atoms with Gasteiger partial charge < -0.3 is 15.2 Å². The van der Waals surface area contributed by atoms with Crippen LogP contribution in [0.2, 0.25) is 5.02 Å². The average molecular weight is 470 g/mol. The zero-order valence-corrected chi connectivity index (χ0v) is 19.2. The molecule has 0 bridgehead atoms. The van der Waals surface area contributed by atoms with Crippen molar-refractivity contribution in [3.8, 4) is 0 Å². The van der Waals surface area contributed by atoms with E-state index < -0.39 is 6.04 Å². The summed E-state index contributed by atoms with van der Waals surface area (Å²) in [6.07, 6.45) is 1.72. The highest BCUT2D eigenvalue weighted by atomic mass is 35.5. The minimum atomic E-state index is -0.396. The number of hydrogen-bond donors (Lipinski definition) is 2. The van der Waals surface area contributed by atoms with Crippen LogP contribution in [0.5, 0.6) is 0 Å². The van der Waals surface area contributed by atoms with Crippen molar-refractivity contribution < 1.29 is 9.59 Å². The van der Waals surface area contributed by atoms with Gasteiger partial charge in [0.15, 0.2) is 11.0 Å². The first-order valence-corrected chi connectivity index (χ1v) is 11.4. The molecule has 166 valence electrons. The minimum Gasteiger partial charge on any atom is -0.351 e. The molecule has 1 aromatic heterocycles. The molecule has 3 rings (SSSR count). The first-order chi connectivity index (χ1) is 15.5. The van der Waals surface area contributed by atoms with Crippen molar-refractivity contribution in [2.75, 3.05) is 5.75 Å². The quantitative estimate of drug-likeness (QED) is 0.346. The van der Waals surface area contributed by atoms with Crippen molar-refractivity contribution in [3.05, 3.63) is 89.2 Å². The van der Waals surface area contributed by atoms with E-state index in [0.29, 0.717) is 34.7 Å². The van der Waals surface area contributed by atoms with Gasteiger partial charge in [0.05, 0.1) is 11.8 Å². The summed E-state index contributed by atoms with van der Waals surface area (Å²) < 4.78 is 1.84. The molecule has 0 aliphatic rings. The second kappa shape index (κ2) is 11.5. The predicted molar refractivity (Wildman–Crippen MR) is 127 cm³/mol. The van der Waals surface area contributed by atoms with Crippen LogP contribution in [0.4, 0.5) is 0 Å². The van der Waals surface area contributed by atoms with Crippen molar-refractivity contribution >= 4 is 35.2 Å². The van der Waals surface area contributed by atoms with Gasteiger partial charge in [-0.2, -0.15) is 0 Å². The van der Waals surface area contributed by atoms with Gasteiger partial charge in [-0.05, 0) is 36.8 Å². The van der Waals surface area contributed by atoms with Crippen molar-refractivity contribution in [3.63, 3.8) is 0 Å². The molecule has 0 spiro atoms. The van der Waals surface area contributed by atoms with Crippen LogP contribution in [0, 0.1) is 0 Å². The third-order valence-corrected chi connectivity index (χ3v) is 5.78. The number of carbonyl (C=O) groups is 2. The molecule has 1 heterocycles. The van der Waals surface area contributed by atoms with Gasteiger partial charge in [-0.15, -0.1) is 16.8 Å². The minimum absolute atomic E-state index is 0.0994. The number of amides is 2. The van der Waals surface area contributed by atoms with Gasteiger partial charge >= 0.3 is 0 Å². The average Bonchev–Trinajstić information content (AvgIpc) is 3.20. The van der Waals surface area contributed by atoms with Crippen LogP contribution in [0.25, 0.3) is 0 Å². The number of nitrogens with zero attached hydrogens (tertiary/aromatic N) is 3. The lowest BCUT2D eigenvalue weighted by molar-refractivity contribution is -0.118. The number of thioether (sulfide) groups is 1. The summed E-state index contributed by atoms with van der Waals surface area (Å²) in [7, 11) is 0. The Labute approximate surface area is 196 Å². The highest BCUT2D eigenvalue weighted by Gasteiger charge is 2.20. The number of carbonyl (C=O) groups excluding carboxylic acids is 2. The second-order valence-corrected chi connectivity index (χ2v) is 8.37. The van der Waals surface area contributed by atoms with E-state index in [1.807, 2.05) is 41.8 Å². The molecule has 0 unspecified atom stereocenters. The molecular formula is C23H24ClN5O2S. The van der Waals surface area contributed by atoms with E-state index in [9.17, 15) is 9.59 Å². The Balaban J connectivity index is 1.61. The number of rotatable bonds is 10. The summed E-state index contributed by atoms with van der Waals surface area (Å²) in [4.78, 5) is 24.8. The number of allylic oxidation sites excluding steroid dienone is 1. The first kappa shape index (κ1) is 23.6. The number of benzene rings is 2. The first-order valence-electron chi connectivity index (χ1n) is 10.0. The van der Waals surface area contributed by atoms with Gasteiger partial charge in [0, 0.05) is 23.7 Å². The van der Waals surface area contributed by atoms with Crippen LogP contribution >= 0.6 is 23.4 Å². The van der Waals surface area contributed by atoms with Crippen molar-refractivity contribution in [1.29, 1.82) is 0 Å². The van der Waals surface area contributed by atoms with Crippen LogP contribution in [0.15, 0.2) is 72.4 Å². The Morgan fingerprint density at radius 3 is 2.56 bits per heavy atom. The molecule has 1 atom stereocenters. The summed E-state index contributed by atoms with van der Waals surface area (Å²) >= 11 is 7.17. The standard InChI is InChI=1S/C23H24ClN5O2S/c1-3-13-29-21(16(2)26-22(31)18-9-11-19(24)12-10-18)27-28-23(29)32-15-20(30)25-14-17-7-5-4-6-8-17/h3-12,16H,1,13-15H2,2H3,(H,25,30)(H,26,31)/t16-/m1/s1. The lowest BCUT2D eigenvalue weighted by atomic mass is 10.2. The van der Waals surface area contributed by atoms with E-state index in [1.165, 1.54) is 11.8 Å². The van der Waals surface area contributed by atoms with E-state index >= 15 is 0 Å². The molecule has 7 nitrogen and oxygen atoms in total. The van der Waals surface area contributed by atoms with Crippen LogP contribution in [-0.4, -0.2) is 32.3 Å². The number of hydrogen-bond acceptors (Lipinski definition) is 5. The number of aromatic nitrogens is 3. The largest absolute Gasteiger partial charge is 0.351 e.